The molecule has 0 saturated heterocycles. The van der Waals surface area contributed by atoms with Crippen molar-refractivity contribution >= 4 is 11.8 Å². The smallest absolute Gasteiger partial charge is 0.248 e. The van der Waals surface area contributed by atoms with Crippen LogP contribution < -0.4 is 11.1 Å². The minimum Gasteiger partial charge on any atom is -0.381 e. The third kappa shape index (κ3) is 5.01. The maximum absolute atomic E-state index is 12.9. The number of hydrogen-bond acceptors (Lipinski definition) is 3. The summed E-state index contributed by atoms with van der Waals surface area (Å²) in [5.41, 5.74) is 5.28. The molecule has 0 aliphatic rings. The first-order chi connectivity index (χ1) is 8.90. The molecule has 0 aromatic heterocycles. The minimum absolute atomic E-state index is 0.0244. The molecule has 5 nitrogen and oxygen atoms in total. The van der Waals surface area contributed by atoms with Crippen molar-refractivity contribution < 1.29 is 23.5 Å². The fraction of sp³-hybridized carbons (Fsp3) is 0.333. The highest BCUT2D eigenvalue weighted by Gasteiger charge is 2.12. The average molecular weight is 272 g/mol. The number of aryl methyl sites for hydroxylation is 1. The van der Waals surface area contributed by atoms with Crippen molar-refractivity contribution in [2.75, 3.05) is 6.54 Å². The maximum atomic E-state index is 12.9. The highest BCUT2D eigenvalue weighted by atomic mass is 19.2. The molecular weight excluding hydrogens is 258 g/mol. The van der Waals surface area contributed by atoms with E-state index >= 15 is 0 Å². The van der Waals surface area contributed by atoms with Gasteiger partial charge in [-0.05, 0) is 24.1 Å². The van der Waals surface area contributed by atoms with Gasteiger partial charge in [0.15, 0.2) is 11.6 Å². The lowest BCUT2D eigenvalue weighted by molar-refractivity contribution is -0.127. The van der Waals surface area contributed by atoms with Crippen LogP contribution in [0, 0.1) is 11.6 Å². The van der Waals surface area contributed by atoms with Crippen molar-refractivity contribution in [1.29, 1.82) is 0 Å². The monoisotopic (exact) mass is 272 g/mol. The third-order valence-electron chi connectivity index (χ3n) is 2.45. The average Bonchev–Trinajstić information content (AvgIpc) is 2.37. The number of benzene rings is 1. The molecule has 1 aromatic rings. The Morgan fingerprint density at radius 2 is 2.00 bits per heavy atom. The van der Waals surface area contributed by atoms with Gasteiger partial charge in [-0.2, -0.15) is 0 Å². The van der Waals surface area contributed by atoms with Crippen LogP contribution in [0.5, 0.6) is 0 Å². The molecule has 0 radical (unpaired) electrons. The van der Waals surface area contributed by atoms with Gasteiger partial charge in [-0.1, -0.05) is 6.07 Å². The van der Waals surface area contributed by atoms with Crippen molar-refractivity contribution in [1.82, 2.24) is 5.32 Å². The fourth-order valence-electron chi connectivity index (χ4n) is 1.35. The zero-order valence-electron chi connectivity index (χ0n) is 10.0. The van der Waals surface area contributed by atoms with Crippen LogP contribution in [0.2, 0.25) is 0 Å². The second-order valence-electron chi connectivity index (χ2n) is 3.97. The van der Waals surface area contributed by atoms with Crippen molar-refractivity contribution in [2.45, 2.75) is 18.9 Å². The number of aliphatic hydroxyl groups is 1. The largest absolute Gasteiger partial charge is 0.381 e. The number of carbonyl (C=O) groups is 2. The van der Waals surface area contributed by atoms with Crippen LogP contribution in [-0.2, 0) is 16.0 Å². The normalized spacial score (nSPS) is 11.9. The summed E-state index contributed by atoms with van der Waals surface area (Å²) in [6.45, 7) is -0.272. The number of halogens is 2. The van der Waals surface area contributed by atoms with E-state index in [2.05, 4.69) is 5.32 Å². The molecule has 1 rings (SSSR count). The zero-order valence-corrected chi connectivity index (χ0v) is 10.0. The summed E-state index contributed by atoms with van der Waals surface area (Å²) in [5, 5.41) is 11.3. The maximum Gasteiger partial charge on any atom is 0.248 e. The van der Waals surface area contributed by atoms with E-state index < -0.39 is 29.6 Å². The number of nitrogens with two attached hydrogens (primary N) is 1. The lowest BCUT2D eigenvalue weighted by Gasteiger charge is -2.08. The summed E-state index contributed by atoms with van der Waals surface area (Å²) in [6.07, 6.45) is -1.20. The van der Waals surface area contributed by atoms with Gasteiger partial charge < -0.3 is 16.2 Å². The molecule has 0 aliphatic heterocycles. The lowest BCUT2D eigenvalue weighted by atomic mass is 10.1. The van der Waals surface area contributed by atoms with Gasteiger partial charge in [0.05, 0.1) is 6.54 Å². The van der Waals surface area contributed by atoms with Crippen molar-refractivity contribution in [2.24, 2.45) is 5.73 Å². The van der Waals surface area contributed by atoms with Crippen LogP contribution in [0.3, 0.4) is 0 Å². The molecule has 4 N–H and O–H groups in total. The summed E-state index contributed by atoms with van der Waals surface area (Å²) in [6, 6.07) is 3.38. The molecule has 7 heteroatoms. The quantitative estimate of drug-likeness (QED) is 0.673. The van der Waals surface area contributed by atoms with Crippen LogP contribution in [-0.4, -0.2) is 29.6 Å². The van der Waals surface area contributed by atoms with Crippen LogP contribution in [0.15, 0.2) is 18.2 Å². The summed E-state index contributed by atoms with van der Waals surface area (Å²) >= 11 is 0. The Morgan fingerprint density at radius 1 is 1.32 bits per heavy atom. The van der Waals surface area contributed by atoms with Gasteiger partial charge in [0.1, 0.15) is 6.10 Å². The molecule has 2 amide bonds. The Morgan fingerprint density at radius 3 is 2.58 bits per heavy atom. The van der Waals surface area contributed by atoms with E-state index in [1.54, 1.807) is 0 Å². The van der Waals surface area contributed by atoms with E-state index in [9.17, 15) is 18.4 Å². The molecule has 0 fully saturated rings. The van der Waals surface area contributed by atoms with Crippen molar-refractivity contribution in [3.05, 3.63) is 35.4 Å². The highest BCUT2D eigenvalue weighted by molar-refractivity contribution is 5.81. The number of amides is 2. The van der Waals surface area contributed by atoms with E-state index in [0.717, 1.165) is 12.1 Å². The van der Waals surface area contributed by atoms with E-state index in [-0.39, 0.29) is 19.4 Å². The molecule has 1 atom stereocenters. The summed E-state index contributed by atoms with van der Waals surface area (Å²) in [4.78, 5) is 21.9. The Balaban J connectivity index is 2.37. The molecule has 19 heavy (non-hydrogen) atoms. The number of aliphatic hydroxyl groups excluding tert-OH is 1. The van der Waals surface area contributed by atoms with Crippen LogP contribution >= 0.6 is 0 Å². The fourth-order valence-corrected chi connectivity index (χ4v) is 1.35. The number of hydrogen-bond donors (Lipinski definition) is 3. The molecule has 0 saturated carbocycles. The molecule has 104 valence electrons. The number of carbonyl (C=O) groups excluding carboxylic acids is 2. The Hall–Kier alpha value is -2.02. The zero-order chi connectivity index (χ0) is 14.4. The molecule has 0 aliphatic carbocycles. The van der Waals surface area contributed by atoms with E-state index in [4.69, 9.17) is 10.8 Å². The van der Waals surface area contributed by atoms with E-state index in [1.165, 1.54) is 6.07 Å². The summed E-state index contributed by atoms with van der Waals surface area (Å²) < 4.78 is 25.5. The molecule has 0 heterocycles. The molecule has 0 spiro atoms. The first-order valence-corrected chi connectivity index (χ1v) is 5.58. The Labute approximate surface area is 108 Å². The van der Waals surface area contributed by atoms with Gasteiger partial charge in [0, 0.05) is 6.42 Å². The van der Waals surface area contributed by atoms with Gasteiger partial charge in [0.2, 0.25) is 11.8 Å². The standard InChI is InChI=1S/C12H14F2N2O3/c13-8-3-1-7(5-9(8)14)2-4-11(18)16-6-10(17)12(15)19/h1,3,5,10,17H,2,4,6H2,(H2,15,19)(H,16,18). The van der Waals surface area contributed by atoms with Gasteiger partial charge in [-0.25, -0.2) is 8.78 Å². The molecule has 1 aromatic carbocycles. The predicted octanol–water partition coefficient (Wildman–Crippen LogP) is -0.140. The van der Waals surface area contributed by atoms with Crippen LogP contribution in [0.25, 0.3) is 0 Å². The Kier molecular flexibility index (Phi) is 5.37. The van der Waals surface area contributed by atoms with Gasteiger partial charge in [-0.15, -0.1) is 0 Å². The summed E-state index contributed by atoms with van der Waals surface area (Å²) in [5.74, 6) is -3.27. The number of nitrogens with one attached hydrogen (secondary N) is 1. The second kappa shape index (κ2) is 6.79. The SMILES string of the molecule is NC(=O)C(O)CNC(=O)CCc1ccc(F)c(F)c1. The van der Waals surface area contributed by atoms with E-state index in [1.807, 2.05) is 0 Å². The summed E-state index contributed by atoms with van der Waals surface area (Å²) in [7, 11) is 0. The molecule has 0 bridgehead atoms. The third-order valence-corrected chi connectivity index (χ3v) is 2.45. The molecule has 1 unspecified atom stereocenters. The predicted molar refractivity (Wildman–Crippen MR) is 62.9 cm³/mol. The molecular formula is C12H14F2N2O3. The number of rotatable bonds is 6. The van der Waals surface area contributed by atoms with Crippen molar-refractivity contribution in [3.8, 4) is 0 Å². The first-order valence-electron chi connectivity index (χ1n) is 5.58. The lowest BCUT2D eigenvalue weighted by Crippen LogP contribution is -2.40. The topological polar surface area (TPSA) is 92.4 Å². The van der Waals surface area contributed by atoms with Crippen LogP contribution in [0.4, 0.5) is 8.78 Å². The highest BCUT2D eigenvalue weighted by Crippen LogP contribution is 2.10. The van der Waals surface area contributed by atoms with Gasteiger partial charge in [-0.3, -0.25) is 9.59 Å². The minimum atomic E-state index is -1.44. The number of primary amides is 1. The van der Waals surface area contributed by atoms with Gasteiger partial charge in [0.25, 0.3) is 0 Å². The van der Waals surface area contributed by atoms with Gasteiger partial charge >= 0.3 is 0 Å². The van der Waals surface area contributed by atoms with Crippen LogP contribution in [0.1, 0.15) is 12.0 Å². The first kappa shape index (κ1) is 15.0. The Bertz CT molecular complexity index is 480. The second-order valence-corrected chi connectivity index (χ2v) is 3.97. The van der Waals surface area contributed by atoms with E-state index in [0.29, 0.717) is 5.56 Å². The van der Waals surface area contributed by atoms with Crippen molar-refractivity contribution in [3.63, 3.8) is 0 Å².